The fraction of sp³-hybridized carbons (Fsp3) is 0.294. The van der Waals surface area contributed by atoms with Gasteiger partial charge in [-0.05, 0) is 55.5 Å². The zero-order chi connectivity index (χ0) is 13.2. The highest BCUT2D eigenvalue weighted by atomic mass is 15.1. The molecular formula is C17H20N2. The van der Waals surface area contributed by atoms with Gasteiger partial charge in [0.25, 0.3) is 0 Å². The summed E-state index contributed by atoms with van der Waals surface area (Å²) in [7, 11) is 0. The van der Waals surface area contributed by atoms with E-state index in [1.807, 2.05) is 6.07 Å². The molecule has 2 nitrogen and oxygen atoms in total. The summed E-state index contributed by atoms with van der Waals surface area (Å²) < 4.78 is 0. The maximum absolute atomic E-state index is 5.97. The van der Waals surface area contributed by atoms with Gasteiger partial charge in [-0.25, -0.2) is 0 Å². The van der Waals surface area contributed by atoms with Crippen molar-refractivity contribution >= 4 is 17.1 Å². The van der Waals surface area contributed by atoms with Gasteiger partial charge in [0.05, 0.1) is 0 Å². The minimum absolute atomic E-state index is 0.835. The van der Waals surface area contributed by atoms with Crippen LogP contribution in [0.25, 0.3) is 0 Å². The Labute approximate surface area is 114 Å². The van der Waals surface area contributed by atoms with Crippen LogP contribution < -0.4 is 10.6 Å². The van der Waals surface area contributed by atoms with Crippen molar-refractivity contribution in [3.8, 4) is 0 Å². The number of fused-ring (bicyclic) bond motifs is 1. The summed E-state index contributed by atoms with van der Waals surface area (Å²) in [6.07, 6.45) is 3.66. The molecule has 19 heavy (non-hydrogen) atoms. The van der Waals surface area contributed by atoms with Crippen LogP contribution in [-0.4, -0.2) is 6.54 Å². The highest BCUT2D eigenvalue weighted by Gasteiger charge is 2.17. The second kappa shape index (κ2) is 4.96. The lowest BCUT2D eigenvalue weighted by Crippen LogP contribution is -2.19. The maximum atomic E-state index is 5.97. The molecule has 3 rings (SSSR count). The fourth-order valence-electron chi connectivity index (χ4n) is 2.86. The number of nitrogens with two attached hydrogens (primary N) is 1. The summed E-state index contributed by atoms with van der Waals surface area (Å²) >= 11 is 0. The molecular weight excluding hydrogens is 232 g/mol. The molecule has 0 bridgehead atoms. The van der Waals surface area contributed by atoms with E-state index in [1.165, 1.54) is 41.8 Å². The molecule has 1 aliphatic rings. The Bertz CT molecular complexity index is 590. The average Bonchev–Trinajstić information content (AvgIpc) is 2.64. The normalized spacial score (nSPS) is 14.9. The second-order valence-corrected chi connectivity index (χ2v) is 5.28. The number of benzene rings is 2. The topological polar surface area (TPSA) is 29.3 Å². The lowest BCUT2D eigenvalue weighted by molar-refractivity contribution is 0.760. The molecule has 0 amide bonds. The highest BCUT2D eigenvalue weighted by Crippen LogP contribution is 2.35. The van der Waals surface area contributed by atoms with Gasteiger partial charge < -0.3 is 10.6 Å². The van der Waals surface area contributed by atoms with Crippen LogP contribution >= 0.6 is 0 Å². The number of nitrogen functional groups attached to an aromatic ring is 1. The number of hydrogen-bond donors (Lipinski definition) is 1. The Morgan fingerprint density at radius 2 is 1.84 bits per heavy atom. The molecule has 2 aromatic rings. The second-order valence-electron chi connectivity index (χ2n) is 5.28. The predicted octanol–water partition coefficient (Wildman–Crippen LogP) is 4.05. The average molecular weight is 252 g/mol. The molecule has 0 unspecified atom stereocenters. The Kier molecular flexibility index (Phi) is 3.16. The predicted molar refractivity (Wildman–Crippen MR) is 82.0 cm³/mol. The fourth-order valence-corrected chi connectivity index (χ4v) is 2.86. The first kappa shape index (κ1) is 12.1. The first-order valence-corrected chi connectivity index (χ1v) is 6.97. The zero-order valence-corrected chi connectivity index (χ0v) is 11.4. The van der Waals surface area contributed by atoms with Gasteiger partial charge in [0, 0.05) is 23.6 Å². The van der Waals surface area contributed by atoms with Crippen LogP contribution in [0, 0.1) is 6.92 Å². The number of hydrogen-bond acceptors (Lipinski definition) is 2. The van der Waals surface area contributed by atoms with Crippen LogP contribution in [0.5, 0.6) is 0 Å². The van der Waals surface area contributed by atoms with Gasteiger partial charge in [0.1, 0.15) is 0 Å². The van der Waals surface area contributed by atoms with Crippen LogP contribution in [0.1, 0.15) is 24.0 Å². The van der Waals surface area contributed by atoms with Crippen molar-refractivity contribution in [2.24, 2.45) is 0 Å². The van der Waals surface area contributed by atoms with Crippen molar-refractivity contribution in [2.75, 3.05) is 17.2 Å². The Morgan fingerprint density at radius 3 is 2.74 bits per heavy atom. The number of aryl methyl sites for hydroxylation is 2. The summed E-state index contributed by atoms with van der Waals surface area (Å²) in [4.78, 5) is 2.42. The zero-order valence-electron chi connectivity index (χ0n) is 11.4. The van der Waals surface area contributed by atoms with Crippen molar-refractivity contribution in [3.05, 3.63) is 53.6 Å². The molecule has 0 aliphatic carbocycles. The first-order chi connectivity index (χ1) is 9.25. The van der Waals surface area contributed by atoms with Crippen LogP contribution in [0.4, 0.5) is 17.1 Å². The van der Waals surface area contributed by atoms with Gasteiger partial charge in [-0.1, -0.05) is 24.3 Å². The summed E-state index contributed by atoms with van der Waals surface area (Å²) in [5, 5.41) is 0. The highest BCUT2D eigenvalue weighted by molar-refractivity contribution is 5.72. The minimum Gasteiger partial charge on any atom is -0.399 e. The van der Waals surface area contributed by atoms with E-state index in [0.29, 0.717) is 0 Å². The molecule has 0 radical (unpaired) electrons. The molecule has 1 aliphatic heterocycles. The molecule has 2 heteroatoms. The summed E-state index contributed by atoms with van der Waals surface area (Å²) in [6, 6.07) is 14.9. The third-order valence-corrected chi connectivity index (χ3v) is 3.88. The first-order valence-electron chi connectivity index (χ1n) is 6.97. The molecule has 0 saturated carbocycles. The third kappa shape index (κ3) is 2.30. The standard InChI is InChI=1S/C17H20N2/c1-13-9-10-15(18)12-17(13)19-11-5-4-7-14-6-2-3-8-16(14)19/h2-3,6,8-10,12H,4-5,7,11,18H2,1H3. The quantitative estimate of drug-likeness (QED) is 0.776. The molecule has 0 saturated heterocycles. The van der Waals surface area contributed by atoms with Crippen LogP contribution in [0.15, 0.2) is 42.5 Å². The van der Waals surface area contributed by atoms with Crippen molar-refractivity contribution < 1.29 is 0 Å². The molecule has 1 heterocycles. The Hall–Kier alpha value is -1.96. The lowest BCUT2D eigenvalue weighted by atomic mass is 10.1. The molecule has 0 atom stereocenters. The molecule has 98 valence electrons. The van der Waals surface area contributed by atoms with E-state index in [1.54, 1.807) is 0 Å². The van der Waals surface area contributed by atoms with E-state index >= 15 is 0 Å². The van der Waals surface area contributed by atoms with Gasteiger partial charge in [0.15, 0.2) is 0 Å². The summed E-state index contributed by atoms with van der Waals surface area (Å²) in [6.45, 7) is 3.23. The molecule has 0 aromatic heterocycles. The van der Waals surface area contributed by atoms with Crippen molar-refractivity contribution in [1.82, 2.24) is 0 Å². The summed E-state index contributed by atoms with van der Waals surface area (Å²) in [5.74, 6) is 0. The van der Waals surface area contributed by atoms with Gasteiger partial charge in [-0.15, -0.1) is 0 Å². The van der Waals surface area contributed by atoms with Crippen LogP contribution in [-0.2, 0) is 6.42 Å². The maximum Gasteiger partial charge on any atom is 0.0461 e. The lowest BCUT2D eigenvalue weighted by Gasteiger charge is -2.27. The van der Waals surface area contributed by atoms with E-state index in [0.717, 1.165) is 12.2 Å². The monoisotopic (exact) mass is 252 g/mol. The molecule has 0 fully saturated rings. The van der Waals surface area contributed by atoms with Gasteiger partial charge in [-0.3, -0.25) is 0 Å². The van der Waals surface area contributed by atoms with E-state index in [2.05, 4.69) is 48.2 Å². The number of para-hydroxylation sites is 1. The van der Waals surface area contributed by atoms with Crippen molar-refractivity contribution in [2.45, 2.75) is 26.2 Å². The van der Waals surface area contributed by atoms with E-state index in [4.69, 9.17) is 5.73 Å². The molecule has 2 aromatic carbocycles. The van der Waals surface area contributed by atoms with Crippen LogP contribution in [0.2, 0.25) is 0 Å². The number of rotatable bonds is 1. The Balaban J connectivity index is 2.11. The SMILES string of the molecule is Cc1ccc(N)cc1N1CCCCc2ccccc21. The van der Waals surface area contributed by atoms with E-state index in [9.17, 15) is 0 Å². The number of anilines is 3. The third-order valence-electron chi connectivity index (χ3n) is 3.88. The smallest absolute Gasteiger partial charge is 0.0461 e. The summed E-state index contributed by atoms with van der Waals surface area (Å²) in [5.41, 5.74) is 12.1. The minimum atomic E-state index is 0.835. The van der Waals surface area contributed by atoms with Gasteiger partial charge in [0.2, 0.25) is 0 Å². The number of nitrogens with zero attached hydrogens (tertiary/aromatic N) is 1. The van der Waals surface area contributed by atoms with Gasteiger partial charge in [-0.2, -0.15) is 0 Å². The van der Waals surface area contributed by atoms with Crippen molar-refractivity contribution in [3.63, 3.8) is 0 Å². The van der Waals surface area contributed by atoms with Gasteiger partial charge >= 0.3 is 0 Å². The van der Waals surface area contributed by atoms with E-state index < -0.39 is 0 Å². The van der Waals surface area contributed by atoms with Crippen LogP contribution in [0.3, 0.4) is 0 Å². The van der Waals surface area contributed by atoms with Crippen molar-refractivity contribution in [1.29, 1.82) is 0 Å². The largest absolute Gasteiger partial charge is 0.399 e. The molecule has 2 N–H and O–H groups in total. The van der Waals surface area contributed by atoms with E-state index in [-0.39, 0.29) is 0 Å². The Morgan fingerprint density at radius 1 is 1.00 bits per heavy atom. The molecule has 0 spiro atoms.